The molecule has 1 fully saturated rings. The maximum absolute atomic E-state index is 12.0. The van der Waals surface area contributed by atoms with E-state index in [2.05, 4.69) is 4.98 Å². The molecule has 0 atom stereocenters. The number of aromatic amines is 1. The molecule has 2 aromatic rings. The van der Waals surface area contributed by atoms with Crippen LogP contribution in [0, 0.1) is 5.92 Å². The van der Waals surface area contributed by atoms with Crippen LogP contribution in [-0.2, 0) is 11.3 Å². The summed E-state index contributed by atoms with van der Waals surface area (Å²) in [6.45, 7) is 0.942. The molecule has 0 saturated heterocycles. The summed E-state index contributed by atoms with van der Waals surface area (Å²) in [5.41, 5.74) is 1.36. The lowest BCUT2D eigenvalue weighted by Gasteiger charge is -2.07. The van der Waals surface area contributed by atoms with Crippen molar-refractivity contribution in [2.24, 2.45) is 5.92 Å². The van der Waals surface area contributed by atoms with Crippen LogP contribution < -0.4 is 4.74 Å². The van der Waals surface area contributed by atoms with Crippen molar-refractivity contribution in [1.29, 1.82) is 0 Å². The van der Waals surface area contributed by atoms with Gasteiger partial charge in [0.15, 0.2) is 11.4 Å². The van der Waals surface area contributed by atoms with Crippen LogP contribution in [0.2, 0.25) is 0 Å². The SMILES string of the molecule is O=C(OCc1ccccc1)c1[nH]ccc1OCC1CC1. The molecule has 104 valence electrons. The van der Waals surface area contributed by atoms with Crippen LogP contribution in [0.1, 0.15) is 28.9 Å². The first-order chi connectivity index (χ1) is 9.83. The monoisotopic (exact) mass is 271 g/mol. The van der Waals surface area contributed by atoms with Gasteiger partial charge in [-0.3, -0.25) is 0 Å². The molecular formula is C16H17NO3. The molecule has 1 saturated carbocycles. The van der Waals surface area contributed by atoms with Crippen LogP contribution in [0.25, 0.3) is 0 Å². The van der Waals surface area contributed by atoms with Crippen molar-refractivity contribution < 1.29 is 14.3 Å². The number of carbonyl (C=O) groups is 1. The van der Waals surface area contributed by atoms with Crippen molar-refractivity contribution in [2.75, 3.05) is 6.61 Å². The molecule has 3 rings (SSSR count). The Hall–Kier alpha value is -2.23. The van der Waals surface area contributed by atoms with Crippen molar-refractivity contribution in [2.45, 2.75) is 19.4 Å². The van der Waals surface area contributed by atoms with E-state index in [1.807, 2.05) is 30.3 Å². The molecule has 1 aromatic carbocycles. The highest BCUT2D eigenvalue weighted by Crippen LogP contribution is 2.30. The Kier molecular flexibility index (Phi) is 3.72. The Balaban J connectivity index is 1.57. The van der Waals surface area contributed by atoms with Gasteiger partial charge in [-0.1, -0.05) is 30.3 Å². The summed E-state index contributed by atoms with van der Waals surface area (Å²) >= 11 is 0. The standard InChI is InChI=1S/C16H17NO3/c18-16(20-11-12-4-2-1-3-5-12)15-14(8-9-17-15)19-10-13-6-7-13/h1-5,8-9,13,17H,6-7,10-11H2. The summed E-state index contributed by atoms with van der Waals surface area (Å²) in [5, 5.41) is 0. The molecular weight excluding hydrogens is 254 g/mol. The maximum Gasteiger partial charge on any atom is 0.358 e. The van der Waals surface area contributed by atoms with Crippen molar-refractivity contribution in [1.82, 2.24) is 4.98 Å². The van der Waals surface area contributed by atoms with E-state index >= 15 is 0 Å². The quantitative estimate of drug-likeness (QED) is 0.821. The van der Waals surface area contributed by atoms with E-state index in [9.17, 15) is 4.79 Å². The Morgan fingerprint density at radius 2 is 2.00 bits per heavy atom. The molecule has 20 heavy (non-hydrogen) atoms. The van der Waals surface area contributed by atoms with E-state index in [4.69, 9.17) is 9.47 Å². The van der Waals surface area contributed by atoms with Crippen molar-refractivity contribution in [3.05, 3.63) is 53.9 Å². The Morgan fingerprint density at radius 1 is 1.20 bits per heavy atom. The smallest absolute Gasteiger partial charge is 0.358 e. The highest BCUT2D eigenvalue weighted by atomic mass is 16.5. The minimum atomic E-state index is -0.385. The second-order valence-corrected chi connectivity index (χ2v) is 5.03. The van der Waals surface area contributed by atoms with E-state index in [0.29, 0.717) is 24.0 Å². The zero-order valence-corrected chi connectivity index (χ0v) is 11.2. The molecule has 1 aliphatic rings. The lowest BCUT2D eigenvalue weighted by molar-refractivity contribution is 0.0461. The number of nitrogens with one attached hydrogen (secondary N) is 1. The molecule has 0 unspecified atom stereocenters. The molecule has 0 aliphatic heterocycles. The molecule has 4 heteroatoms. The Labute approximate surface area is 117 Å². The number of hydrogen-bond donors (Lipinski definition) is 1. The summed E-state index contributed by atoms with van der Waals surface area (Å²) in [6.07, 6.45) is 4.14. The fourth-order valence-corrected chi connectivity index (χ4v) is 1.92. The number of benzene rings is 1. The van der Waals surface area contributed by atoms with E-state index in [1.54, 1.807) is 12.3 Å². The lowest BCUT2D eigenvalue weighted by atomic mass is 10.2. The maximum atomic E-state index is 12.0. The van der Waals surface area contributed by atoms with Crippen LogP contribution in [0.5, 0.6) is 5.75 Å². The van der Waals surface area contributed by atoms with Gasteiger partial charge in [-0.25, -0.2) is 4.79 Å². The third-order valence-electron chi connectivity index (χ3n) is 3.30. The van der Waals surface area contributed by atoms with Crippen LogP contribution in [-0.4, -0.2) is 17.6 Å². The van der Waals surface area contributed by atoms with Crippen LogP contribution >= 0.6 is 0 Å². The number of hydrogen-bond acceptors (Lipinski definition) is 3. The van der Waals surface area contributed by atoms with Gasteiger partial charge in [-0.05, 0) is 30.4 Å². The van der Waals surface area contributed by atoms with Gasteiger partial charge >= 0.3 is 5.97 Å². The van der Waals surface area contributed by atoms with Gasteiger partial charge in [0.05, 0.1) is 6.61 Å². The average molecular weight is 271 g/mol. The number of aromatic nitrogens is 1. The third-order valence-corrected chi connectivity index (χ3v) is 3.30. The van der Waals surface area contributed by atoms with Gasteiger partial charge in [-0.2, -0.15) is 0 Å². The summed E-state index contributed by atoms with van der Waals surface area (Å²) in [5.74, 6) is 0.845. The van der Waals surface area contributed by atoms with Crippen LogP contribution in [0.15, 0.2) is 42.6 Å². The number of H-pyrrole nitrogens is 1. The summed E-state index contributed by atoms with van der Waals surface area (Å²) in [7, 11) is 0. The second kappa shape index (κ2) is 5.82. The molecule has 1 heterocycles. The van der Waals surface area contributed by atoms with Gasteiger partial charge in [0, 0.05) is 6.20 Å². The molecule has 1 N–H and O–H groups in total. The molecule has 0 bridgehead atoms. The number of carbonyl (C=O) groups excluding carboxylic acids is 1. The van der Waals surface area contributed by atoms with E-state index in [-0.39, 0.29) is 12.6 Å². The van der Waals surface area contributed by atoms with Gasteiger partial charge in [-0.15, -0.1) is 0 Å². The van der Waals surface area contributed by atoms with Gasteiger partial charge in [0.2, 0.25) is 0 Å². The van der Waals surface area contributed by atoms with Gasteiger partial charge in [0.1, 0.15) is 6.61 Å². The summed E-state index contributed by atoms with van der Waals surface area (Å²) < 4.78 is 10.9. The predicted octanol–water partition coefficient (Wildman–Crippen LogP) is 3.16. The zero-order chi connectivity index (χ0) is 13.8. The van der Waals surface area contributed by atoms with Gasteiger partial charge in [0.25, 0.3) is 0 Å². The van der Waals surface area contributed by atoms with E-state index in [0.717, 1.165) is 5.56 Å². The third kappa shape index (κ3) is 3.20. The minimum Gasteiger partial charge on any atom is -0.491 e. The first kappa shape index (κ1) is 12.8. The largest absolute Gasteiger partial charge is 0.491 e. The molecule has 0 amide bonds. The molecule has 1 aromatic heterocycles. The second-order valence-electron chi connectivity index (χ2n) is 5.03. The van der Waals surface area contributed by atoms with E-state index < -0.39 is 0 Å². The Morgan fingerprint density at radius 3 is 2.75 bits per heavy atom. The molecule has 0 radical (unpaired) electrons. The predicted molar refractivity (Wildman–Crippen MR) is 74.6 cm³/mol. The topological polar surface area (TPSA) is 51.3 Å². The van der Waals surface area contributed by atoms with Crippen molar-refractivity contribution in [3.8, 4) is 5.75 Å². The van der Waals surface area contributed by atoms with Crippen molar-refractivity contribution >= 4 is 5.97 Å². The highest BCUT2D eigenvalue weighted by molar-refractivity contribution is 5.90. The van der Waals surface area contributed by atoms with Crippen LogP contribution in [0.4, 0.5) is 0 Å². The fourth-order valence-electron chi connectivity index (χ4n) is 1.92. The van der Waals surface area contributed by atoms with Crippen LogP contribution in [0.3, 0.4) is 0 Å². The molecule has 4 nitrogen and oxygen atoms in total. The normalized spacial score (nSPS) is 14.0. The lowest BCUT2D eigenvalue weighted by Crippen LogP contribution is -2.09. The highest BCUT2D eigenvalue weighted by Gasteiger charge is 2.23. The first-order valence-corrected chi connectivity index (χ1v) is 6.84. The minimum absolute atomic E-state index is 0.265. The summed E-state index contributed by atoms with van der Waals surface area (Å²) in [6, 6.07) is 11.4. The summed E-state index contributed by atoms with van der Waals surface area (Å²) in [4.78, 5) is 14.9. The molecule has 0 spiro atoms. The number of rotatable bonds is 6. The van der Waals surface area contributed by atoms with E-state index in [1.165, 1.54) is 12.8 Å². The first-order valence-electron chi connectivity index (χ1n) is 6.84. The number of esters is 1. The molecule has 1 aliphatic carbocycles. The zero-order valence-electron chi connectivity index (χ0n) is 11.2. The Bertz CT molecular complexity index is 572. The van der Waals surface area contributed by atoms with Gasteiger partial charge < -0.3 is 14.5 Å². The van der Waals surface area contributed by atoms with Crippen molar-refractivity contribution in [3.63, 3.8) is 0 Å². The fraction of sp³-hybridized carbons (Fsp3) is 0.312. The average Bonchev–Trinajstić information content (AvgIpc) is 3.20. The number of ether oxygens (including phenoxy) is 2.